The van der Waals surface area contributed by atoms with Crippen LogP contribution in [0, 0.1) is 5.82 Å². The zero-order valence-corrected chi connectivity index (χ0v) is 12.0. The van der Waals surface area contributed by atoms with Crippen molar-refractivity contribution < 1.29 is 9.18 Å². The van der Waals surface area contributed by atoms with Gasteiger partial charge in [-0.25, -0.2) is 9.07 Å². The summed E-state index contributed by atoms with van der Waals surface area (Å²) in [5.74, 6) is -0.686. The van der Waals surface area contributed by atoms with Crippen molar-refractivity contribution in [3.05, 3.63) is 57.8 Å². The molecule has 0 radical (unpaired) electrons. The van der Waals surface area contributed by atoms with Gasteiger partial charge in [0.2, 0.25) is 5.91 Å². The number of nitrogens with zero attached hydrogens (tertiary/aromatic N) is 2. The van der Waals surface area contributed by atoms with E-state index in [0.29, 0.717) is 5.69 Å². The molecule has 22 heavy (non-hydrogen) atoms. The third-order valence-corrected chi connectivity index (χ3v) is 3.68. The summed E-state index contributed by atoms with van der Waals surface area (Å²) in [6, 6.07) is 7.31. The molecule has 1 aliphatic carbocycles. The van der Waals surface area contributed by atoms with E-state index in [2.05, 4.69) is 10.4 Å². The quantitative estimate of drug-likeness (QED) is 0.938. The first-order valence-corrected chi connectivity index (χ1v) is 7.27. The van der Waals surface area contributed by atoms with E-state index in [1.807, 2.05) is 0 Å². The lowest BCUT2D eigenvalue weighted by atomic mass is 10.2. The summed E-state index contributed by atoms with van der Waals surface area (Å²) in [5, 5.41) is 6.91. The first-order chi connectivity index (χ1) is 10.6. The van der Waals surface area contributed by atoms with Crippen molar-refractivity contribution >= 4 is 11.6 Å². The normalized spacial score (nSPS) is 13.0. The van der Waals surface area contributed by atoms with Crippen molar-refractivity contribution in [2.75, 3.05) is 5.32 Å². The largest absolute Gasteiger partial charge is 0.326 e. The number of amides is 1. The van der Waals surface area contributed by atoms with E-state index in [1.54, 1.807) is 12.1 Å². The van der Waals surface area contributed by atoms with Gasteiger partial charge in [-0.15, -0.1) is 0 Å². The standard InChI is InChI=1S/C16H16FN3O2/c17-12-4-2-5-13(10-12)18-15(21)7-8-20-16(22)9-11-3-1-6-14(11)19-20/h2,4-5,9-10H,1,3,6-8H2,(H,18,21). The molecular weight excluding hydrogens is 285 g/mol. The molecule has 0 aliphatic heterocycles. The highest BCUT2D eigenvalue weighted by Gasteiger charge is 2.15. The average Bonchev–Trinajstić information content (AvgIpc) is 2.92. The van der Waals surface area contributed by atoms with Crippen molar-refractivity contribution in [2.45, 2.75) is 32.2 Å². The summed E-state index contributed by atoms with van der Waals surface area (Å²) in [6.45, 7) is 0.216. The molecule has 0 atom stereocenters. The maximum absolute atomic E-state index is 13.0. The monoisotopic (exact) mass is 301 g/mol. The summed E-state index contributed by atoms with van der Waals surface area (Å²) in [5.41, 5.74) is 2.19. The van der Waals surface area contributed by atoms with E-state index in [1.165, 1.54) is 22.9 Å². The Bertz CT molecular complexity index is 770. The number of carbonyl (C=O) groups excluding carboxylic acids is 1. The van der Waals surface area contributed by atoms with Crippen LogP contribution in [0.4, 0.5) is 10.1 Å². The number of carbonyl (C=O) groups is 1. The molecule has 3 rings (SSSR count). The van der Waals surface area contributed by atoms with Gasteiger partial charge in [-0.3, -0.25) is 9.59 Å². The Kier molecular flexibility index (Phi) is 4.00. The van der Waals surface area contributed by atoms with E-state index in [0.717, 1.165) is 30.5 Å². The first-order valence-electron chi connectivity index (χ1n) is 7.27. The Morgan fingerprint density at radius 2 is 2.18 bits per heavy atom. The predicted molar refractivity (Wildman–Crippen MR) is 80.2 cm³/mol. The molecule has 6 heteroatoms. The fourth-order valence-corrected chi connectivity index (χ4v) is 2.60. The third-order valence-electron chi connectivity index (χ3n) is 3.68. The first kappa shape index (κ1) is 14.4. The number of aromatic nitrogens is 2. The minimum Gasteiger partial charge on any atom is -0.326 e. The van der Waals surface area contributed by atoms with E-state index in [4.69, 9.17) is 0 Å². The number of fused-ring (bicyclic) bond motifs is 1. The van der Waals surface area contributed by atoms with Crippen molar-refractivity contribution in [1.82, 2.24) is 9.78 Å². The number of hydrogen-bond donors (Lipinski definition) is 1. The van der Waals surface area contributed by atoms with Crippen LogP contribution in [0.15, 0.2) is 35.1 Å². The second-order valence-corrected chi connectivity index (χ2v) is 5.34. The molecule has 0 bridgehead atoms. The number of rotatable bonds is 4. The van der Waals surface area contributed by atoms with Gasteiger partial charge in [0.15, 0.2) is 0 Å². The molecule has 1 N–H and O–H groups in total. The smallest absolute Gasteiger partial charge is 0.267 e. The van der Waals surface area contributed by atoms with Crippen LogP contribution in [0.1, 0.15) is 24.1 Å². The molecule has 1 aromatic heterocycles. The van der Waals surface area contributed by atoms with Crippen LogP contribution < -0.4 is 10.9 Å². The summed E-state index contributed by atoms with van der Waals surface area (Å²) in [6.07, 6.45) is 2.91. The van der Waals surface area contributed by atoms with Crippen LogP contribution in [-0.4, -0.2) is 15.7 Å². The van der Waals surface area contributed by atoms with E-state index >= 15 is 0 Å². The molecule has 0 spiro atoms. The van der Waals surface area contributed by atoms with Crippen LogP contribution in [0.2, 0.25) is 0 Å². The van der Waals surface area contributed by atoms with Gasteiger partial charge in [-0.2, -0.15) is 5.10 Å². The van der Waals surface area contributed by atoms with Gasteiger partial charge in [-0.1, -0.05) is 6.07 Å². The van der Waals surface area contributed by atoms with Gasteiger partial charge < -0.3 is 5.32 Å². The summed E-state index contributed by atoms with van der Waals surface area (Å²) in [7, 11) is 0. The van der Waals surface area contributed by atoms with Crippen LogP contribution >= 0.6 is 0 Å². The van der Waals surface area contributed by atoms with Gasteiger partial charge in [-0.05, 0) is 43.0 Å². The Morgan fingerprint density at radius 1 is 1.32 bits per heavy atom. The van der Waals surface area contributed by atoms with Gasteiger partial charge in [0.25, 0.3) is 5.56 Å². The molecule has 1 heterocycles. The summed E-state index contributed by atoms with van der Waals surface area (Å²) >= 11 is 0. The SMILES string of the molecule is O=C(CCn1nc2c(cc1=O)CCC2)Nc1cccc(F)c1. The number of hydrogen-bond acceptors (Lipinski definition) is 3. The highest BCUT2D eigenvalue weighted by Crippen LogP contribution is 2.17. The second kappa shape index (κ2) is 6.09. The minimum atomic E-state index is -0.408. The zero-order valence-electron chi connectivity index (χ0n) is 12.0. The number of aryl methyl sites for hydroxylation is 3. The molecule has 5 nitrogen and oxygen atoms in total. The maximum Gasteiger partial charge on any atom is 0.267 e. The summed E-state index contributed by atoms with van der Waals surface area (Å²) in [4.78, 5) is 23.8. The van der Waals surface area contributed by atoms with Crippen molar-refractivity contribution in [1.29, 1.82) is 0 Å². The fourth-order valence-electron chi connectivity index (χ4n) is 2.60. The van der Waals surface area contributed by atoms with E-state index in [-0.39, 0.29) is 24.4 Å². The molecule has 1 amide bonds. The van der Waals surface area contributed by atoms with Gasteiger partial charge in [0, 0.05) is 18.2 Å². The highest BCUT2D eigenvalue weighted by molar-refractivity contribution is 5.90. The number of benzene rings is 1. The number of nitrogens with one attached hydrogen (secondary N) is 1. The Hall–Kier alpha value is -2.50. The topological polar surface area (TPSA) is 64.0 Å². The number of anilines is 1. The van der Waals surface area contributed by atoms with Crippen molar-refractivity contribution in [3.8, 4) is 0 Å². The zero-order chi connectivity index (χ0) is 15.5. The Balaban J connectivity index is 1.63. The van der Waals surface area contributed by atoms with Crippen LogP contribution in [-0.2, 0) is 24.2 Å². The van der Waals surface area contributed by atoms with Gasteiger partial charge >= 0.3 is 0 Å². The van der Waals surface area contributed by atoms with E-state index < -0.39 is 5.82 Å². The lowest BCUT2D eigenvalue weighted by Gasteiger charge is -2.08. The molecule has 2 aromatic rings. The fraction of sp³-hybridized carbons (Fsp3) is 0.312. The number of halogens is 1. The van der Waals surface area contributed by atoms with Gasteiger partial charge in [0.1, 0.15) is 5.82 Å². The van der Waals surface area contributed by atoms with Crippen molar-refractivity contribution in [3.63, 3.8) is 0 Å². The predicted octanol–water partition coefficient (Wildman–Crippen LogP) is 1.90. The molecular formula is C16H16FN3O2. The highest BCUT2D eigenvalue weighted by atomic mass is 19.1. The maximum atomic E-state index is 13.0. The average molecular weight is 301 g/mol. The van der Waals surface area contributed by atoms with Crippen LogP contribution in [0.5, 0.6) is 0 Å². The third kappa shape index (κ3) is 3.21. The Labute approximate surface area is 126 Å². The molecule has 1 aromatic carbocycles. The molecule has 0 unspecified atom stereocenters. The molecule has 114 valence electrons. The molecule has 0 saturated heterocycles. The minimum absolute atomic E-state index is 0.113. The lowest BCUT2D eigenvalue weighted by molar-refractivity contribution is -0.116. The second-order valence-electron chi connectivity index (χ2n) is 5.34. The summed E-state index contributed by atoms with van der Waals surface area (Å²) < 4.78 is 14.4. The Morgan fingerprint density at radius 3 is 3.00 bits per heavy atom. The lowest BCUT2D eigenvalue weighted by Crippen LogP contribution is -2.26. The molecule has 0 fully saturated rings. The van der Waals surface area contributed by atoms with Crippen LogP contribution in [0.25, 0.3) is 0 Å². The van der Waals surface area contributed by atoms with Crippen LogP contribution in [0.3, 0.4) is 0 Å². The van der Waals surface area contributed by atoms with Gasteiger partial charge in [0.05, 0.1) is 12.2 Å². The van der Waals surface area contributed by atoms with Crippen molar-refractivity contribution in [2.24, 2.45) is 0 Å². The van der Waals surface area contributed by atoms with E-state index in [9.17, 15) is 14.0 Å². The molecule has 0 saturated carbocycles. The molecule has 1 aliphatic rings.